The van der Waals surface area contributed by atoms with Gasteiger partial charge >= 0.3 is 18.7 Å². The molecule has 0 N–H and O–H groups in total. The molecule has 3 heterocycles. The van der Waals surface area contributed by atoms with Crippen molar-refractivity contribution in [3.8, 4) is 28.6 Å². The highest BCUT2D eigenvalue weighted by molar-refractivity contribution is 5.69. The summed E-state index contributed by atoms with van der Waals surface area (Å²) in [7, 11) is 0. The normalized spacial score (nSPS) is 13.9. The predicted molar refractivity (Wildman–Crippen MR) is 123 cm³/mol. The van der Waals surface area contributed by atoms with Gasteiger partial charge in [0, 0.05) is 55.1 Å². The van der Waals surface area contributed by atoms with E-state index in [0.29, 0.717) is 19.0 Å². The van der Waals surface area contributed by atoms with E-state index in [4.69, 9.17) is 9.47 Å². The second kappa shape index (κ2) is 10.2. The molecular formula is C25H26F2N4O4. The molecule has 1 aliphatic heterocycles. The second-order valence-corrected chi connectivity index (χ2v) is 9.25. The third-order valence-electron chi connectivity index (χ3n) is 5.13. The van der Waals surface area contributed by atoms with Gasteiger partial charge in [0.1, 0.15) is 17.1 Å². The molecule has 1 fully saturated rings. The molecule has 1 saturated heterocycles. The van der Waals surface area contributed by atoms with Crippen molar-refractivity contribution in [1.29, 1.82) is 0 Å². The number of benzene rings is 1. The highest BCUT2D eigenvalue weighted by Crippen LogP contribution is 2.27. The molecular weight excluding hydrogens is 458 g/mol. The number of rotatable bonds is 7. The van der Waals surface area contributed by atoms with Gasteiger partial charge in [-0.1, -0.05) is 6.07 Å². The Labute approximate surface area is 201 Å². The molecule has 1 aliphatic rings. The summed E-state index contributed by atoms with van der Waals surface area (Å²) >= 11 is 0. The van der Waals surface area contributed by atoms with E-state index >= 15 is 0 Å². The van der Waals surface area contributed by atoms with Crippen molar-refractivity contribution in [2.24, 2.45) is 5.92 Å². The number of pyridine rings is 1. The number of nitrogens with zero attached hydrogens (tertiary/aromatic N) is 4. The van der Waals surface area contributed by atoms with Crippen LogP contribution >= 0.6 is 0 Å². The van der Waals surface area contributed by atoms with E-state index < -0.39 is 12.2 Å². The van der Waals surface area contributed by atoms with Crippen molar-refractivity contribution >= 4 is 6.09 Å². The number of hydrogen-bond donors (Lipinski definition) is 0. The maximum absolute atomic E-state index is 12.4. The molecule has 1 amide bonds. The smallest absolute Gasteiger partial charge is 0.410 e. The maximum Gasteiger partial charge on any atom is 0.410 e. The molecule has 0 radical (unpaired) electrons. The van der Waals surface area contributed by atoms with Gasteiger partial charge in [-0.05, 0) is 56.9 Å². The minimum Gasteiger partial charge on any atom is -0.444 e. The molecule has 0 unspecified atom stereocenters. The third kappa shape index (κ3) is 6.84. The summed E-state index contributed by atoms with van der Waals surface area (Å²) in [5.41, 5.74) is 2.15. The topological polar surface area (TPSA) is 86.7 Å². The Morgan fingerprint density at radius 2 is 1.77 bits per heavy atom. The van der Waals surface area contributed by atoms with Crippen molar-refractivity contribution in [3.63, 3.8) is 0 Å². The number of hydrogen-bond acceptors (Lipinski definition) is 7. The fraction of sp³-hybridized carbons (Fsp3) is 0.360. The average Bonchev–Trinajstić information content (AvgIpc) is 2.75. The molecule has 0 atom stereocenters. The van der Waals surface area contributed by atoms with Crippen LogP contribution in [-0.2, 0) is 11.2 Å². The summed E-state index contributed by atoms with van der Waals surface area (Å²) < 4.78 is 40.1. The molecule has 0 spiro atoms. The molecule has 2 aromatic heterocycles. The van der Waals surface area contributed by atoms with Gasteiger partial charge in [-0.25, -0.2) is 14.8 Å². The summed E-state index contributed by atoms with van der Waals surface area (Å²) in [6.07, 6.45) is 7.26. The Morgan fingerprint density at radius 3 is 2.46 bits per heavy atom. The first-order valence-electron chi connectivity index (χ1n) is 11.1. The highest BCUT2D eigenvalue weighted by Gasteiger charge is 2.33. The third-order valence-corrected chi connectivity index (χ3v) is 5.13. The number of amides is 1. The Hall–Kier alpha value is -3.82. The zero-order chi connectivity index (χ0) is 25.0. The molecule has 4 rings (SSSR count). The van der Waals surface area contributed by atoms with E-state index in [2.05, 4.69) is 19.7 Å². The highest BCUT2D eigenvalue weighted by atomic mass is 19.3. The Kier molecular flexibility index (Phi) is 7.09. The first-order chi connectivity index (χ1) is 16.6. The molecule has 184 valence electrons. The number of carbonyl (C=O) groups excluding carboxylic acids is 1. The van der Waals surface area contributed by atoms with Crippen LogP contribution in [0.2, 0.25) is 0 Å². The van der Waals surface area contributed by atoms with Gasteiger partial charge in [0.25, 0.3) is 0 Å². The maximum atomic E-state index is 12.4. The summed E-state index contributed by atoms with van der Waals surface area (Å²) in [5, 5.41) is 0. The number of alkyl halides is 2. The van der Waals surface area contributed by atoms with Crippen LogP contribution in [0.4, 0.5) is 13.6 Å². The number of carbonyl (C=O) groups is 1. The number of likely N-dealkylation sites (tertiary alicyclic amines) is 1. The molecule has 0 aliphatic carbocycles. The first kappa shape index (κ1) is 24.3. The van der Waals surface area contributed by atoms with E-state index in [1.165, 1.54) is 18.2 Å². The molecule has 8 nitrogen and oxygen atoms in total. The van der Waals surface area contributed by atoms with Crippen molar-refractivity contribution in [2.45, 2.75) is 39.4 Å². The quantitative estimate of drug-likeness (QED) is 0.447. The van der Waals surface area contributed by atoms with Gasteiger partial charge in [0.15, 0.2) is 0 Å². The van der Waals surface area contributed by atoms with Crippen LogP contribution in [0.25, 0.3) is 11.1 Å². The summed E-state index contributed by atoms with van der Waals surface area (Å²) in [6, 6.07) is 7.96. The van der Waals surface area contributed by atoms with Gasteiger partial charge in [0.2, 0.25) is 0 Å². The number of ether oxygens (including phenoxy) is 3. The van der Waals surface area contributed by atoms with Crippen LogP contribution in [0.15, 0.2) is 55.1 Å². The molecule has 35 heavy (non-hydrogen) atoms. The zero-order valence-corrected chi connectivity index (χ0v) is 19.6. The lowest BCUT2D eigenvalue weighted by Crippen LogP contribution is -2.52. The summed E-state index contributed by atoms with van der Waals surface area (Å²) in [4.78, 5) is 26.6. The van der Waals surface area contributed by atoms with E-state index in [9.17, 15) is 13.6 Å². The molecule has 0 bridgehead atoms. The van der Waals surface area contributed by atoms with Crippen LogP contribution in [0, 0.1) is 5.92 Å². The lowest BCUT2D eigenvalue weighted by molar-refractivity contribution is -0.0499. The minimum atomic E-state index is -2.92. The molecule has 0 saturated carbocycles. The Balaban J connectivity index is 1.34. The molecule has 3 aromatic rings. The van der Waals surface area contributed by atoms with Crippen molar-refractivity contribution in [2.75, 3.05) is 13.1 Å². The van der Waals surface area contributed by atoms with Gasteiger partial charge in [-0.3, -0.25) is 4.98 Å². The predicted octanol–water partition coefficient (Wildman–Crippen LogP) is 5.34. The average molecular weight is 485 g/mol. The second-order valence-electron chi connectivity index (χ2n) is 9.25. The molecule has 10 heteroatoms. The van der Waals surface area contributed by atoms with Crippen LogP contribution in [0.3, 0.4) is 0 Å². The molecule has 1 aromatic carbocycles. The fourth-order valence-electron chi connectivity index (χ4n) is 3.60. The van der Waals surface area contributed by atoms with Crippen molar-refractivity contribution in [3.05, 3.63) is 60.7 Å². The van der Waals surface area contributed by atoms with Gasteiger partial charge in [-0.15, -0.1) is 0 Å². The van der Waals surface area contributed by atoms with Crippen LogP contribution < -0.4 is 9.47 Å². The zero-order valence-electron chi connectivity index (χ0n) is 19.6. The summed E-state index contributed by atoms with van der Waals surface area (Å²) in [5.74, 6) is 0.606. The van der Waals surface area contributed by atoms with E-state index in [1.54, 1.807) is 29.6 Å². The van der Waals surface area contributed by atoms with E-state index in [1.807, 2.05) is 33.0 Å². The van der Waals surface area contributed by atoms with E-state index in [-0.39, 0.29) is 23.6 Å². The van der Waals surface area contributed by atoms with Gasteiger partial charge in [-0.2, -0.15) is 8.78 Å². The summed E-state index contributed by atoms with van der Waals surface area (Å²) in [6.45, 7) is 3.94. The van der Waals surface area contributed by atoms with Gasteiger partial charge < -0.3 is 19.1 Å². The SMILES string of the molecule is CC(C)(C)OC(=O)N1CC(Cc2cncc(-c3cnc(Oc4cccc(OC(F)F)c4)nc3)c2)C1. The van der Waals surface area contributed by atoms with Crippen molar-refractivity contribution in [1.82, 2.24) is 19.9 Å². The first-order valence-corrected chi connectivity index (χ1v) is 11.1. The lowest BCUT2D eigenvalue weighted by Gasteiger charge is -2.39. The Morgan fingerprint density at radius 1 is 1.06 bits per heavy atom. The lowest BCUT2D eigenvalue weighted by atomic mass is 9.92. The van der Waals surface area contributed by atoms with Crippen LogP contribution in [0.5, 0.6) is 17.5 Å². The number of halogens is 2. The number of aromatic nitrogens is 3. The minimum absolute atomic E-state index is 0.0160. The monoisotopic (exact) mass is 484 g/mol. The standard InChI is InChI=1S/C25H26F2N4O4/c1-25(2,3)35-24(32)31-14-17(15-31)7-16-8-18(11-28-10-16)19-12-29-23(30-13-19)34-21-6-4-5-20(9-21)33-22(26)27/h4-6,8-13,17,22H,7,14-15H2,1-3H3. The Bertz CT molecular complexity index is 1160. The van der Waals surface area contributed by atoms with Crippen molar-refractivity contribution < 1.29 is 27.8 Å². The van der Waals surface area contributed by atoms with E-state index in [0.717, 1.165) is 23.1 Å². The largest absolute Gasteiger partial charge is 0.444 e. The van der Waals surface area contributed by atoms with Gasteiger partial charge in [0.05, 0.1) is 0 Å². The van der Waals surface area contributed by atoms with Crippen LogP contribution in [0.1, 0.15) is 26.3 Å². The van der Waals surface area contributed by atoms with Crippen LogP contribution in [-0.4, -0.2) is 51.2 Å². The fourth-order valence-corrected chi connectivity index (χ4v) is 3.60.